The quantitative estimate of drug-likeness (QED) is 0.390. The van der Waals surface area contributed by atoms with Crippen LogP contribution in [0, 0.1) is 0 Å². The molecule has 0 saturated heterocycles. The van der Waals surface area contributed by atoms with E-state index in [9.17, 15) is 20.4 Å². The molecule has 0 amide bonds. The Morgan fingerprint density at radius 2 is 0.440 bits per heavy atom. The molecule has 4 unspecified atom stereocenters. The molecule has 0 aliphatic rings. The summed E-state index contributed by atoms with van der Waals surface area (Å²) in [5.41, 5.74) is 0. The van der Waals surface area contributed by atoms with Crippen LogP contribution in [0.5, 0.6) is 0 Å². The summed E-state index contributed by atoms with van der Waals surface area (Å²) in [5.74, 6) is 0. The van der Waals surface area contributed by atoms with E-state index in [1.165, 1.54) is 27.7 Å². The van der Waals surface area contributed by atoms with Crippen molar-refractivity contribution in [3.8, 4) is 0 Å². The van der Waals surface area contributed by atoms with Crippen molar-refractivity contribution >= 4 is 92.8 Å². The Hall–Kier alpha value is 2.87. The van der Waals surface area contributed by atoms with Crippen LogP contribution >= 0.6 is 92.8 Å². The van der Waals surface area contributed by atoms with Crippen molar-refractivity contribution in [1.29, 1.82) is 0 Å². The van der Waals surface area contributed by atoms with Gasteiger partial charge in [0.2, 0.25) is 0 Å². The van der Waals surface area contributed by atoms with Crippen molar-refractivity contribution in [1.82, 2.24) is 0 Å². The fourth-order valence-corrected chi connectivity index (χ4v) is 0. The molecule has 13 heteroatoms. The Morgan fingerprint density at radius 3 is 0.440 bits per heavy atom. The Morgan fingerprint density at radius 1 is 0.400 bits per heavy atom. The summed E-state index contributed by atoms with van der Waals surface area (Å²) >= 11 is 40.5. The number of alkyl halides is 8. The predicted octanol–water partition coefficient (Wildman–Crippen LogP) is 2.15. The van der Waals surface area contributed by atoms with Crippen LogP contribution in [-0.4, -0.2) is 43.8 Å². The molecule has 0 spiro atoms. The van der Waals surface area contributed by atoms with E-state index in [1.807, 2.05) is 0 Å². The molecule has 4 atom stereocenters. The number of hydrogen-bond acceptors (Lipinski definition) is 4. The Balaban J connectivity index is -0.0000000702. The predicted molar refractivity (Wildman–Crippen MR) is 99.8 cm³/mol. The van der Waals surface area contributed by atoms with E-state index in [0.717, 1.165) is 0 Å². The third kappa shape index (κ3) is 46.7. The van der Waals surface area contributed by atoms with E-state index < -0.39 is 43.8 Å². The monoisotopic (exact) mass is 556 g/mol. The first kappa shape index (κ1) is 38.5. The van der Waals surface area contributed by atoms with Gasteiger partial charge in [0.25, 0.3) is 0 Å². The van der Waals surface area contributed by atoms with E-state index in [2.05, 4.69) is 0 Å². The van der Waals surface area contributed by atoms with Crippen molar-refractivity contribution in [3.05, 3.63) is 0 Å². The SMILES string of the molecule is CC([O-])C(Cl)Cl.CC([O-])C(Cl)Cl.CC([O-])C(Cl)Cl.CC([O-])C(Cl)Cl.[Ti+4]. The Bertz CT molecular complexity index is 173. The van der Waals surface area contributed by atoms with Gasteiger partial charge in [-0.1, -0.05) is 52.1 Å². The van der Waals surface area contributed by atoms with Crippen molar-refractivity contribution in [2.75, 3.05) is 0 Å². The van der Waals surface area contributed by atoms with Crippen LogP contribution in [0.3, 0.4) is 0 Å². The number of rotatable bonds is 4. The van der Waals surface area contributed by atoms with Gasteiger partial charge in [0.15, 0.2) is 0 Å². The third-order valence-electron chi connectivity index (χ3n) is 1.42. The molecule has 0 aromatic rings. The van der Waals surface area contributed by atoms with Gasteiger partial charge in [-0.2, -0.15) is 0 Å². The van der Waals surface area contributed by atoms with Gasteiger partial charge < -0.3 is 20.4 Å². The summed E-state index contributed by atoms with van der Waals surface area (Å²) in [4.78, 5) is -3.04. The standard InChI is InChI=1S/4C3H5Cl2O.Ti/c4*1-2(6)3(4)5;/h4*2-3H,1H3;/q4*-1;+4. The van der Waals surface area contributed by atoms with Gasteiger partial charge in [0.1, 0.15) is 0 Å². The number of hydrogen-bond donors (Lipinski definition) is 0. The molecule has 0 rings (SSSR count). The third-order valence-corrected chi connectivity index (χ3v) is 4.26. The van der Waals surface area contributed by atoms with E-state index in [0.29, 0.717) is 0 Å². The molecule has 0 aliphatic heterocycles. The summed E-state index contributed by atoms with van der Waals surface area (Å²) < 4.78 is 0. The summed E-state index contributed by atoms with van der Waals surface area (Å²) in [6.45, 7) is 5.69. The smallest absolute Gasteiger partial charge is 0.850 e. The van der Waals surface area contributed by atoms with Crippen molar-refractivity contribution in [2.45, 2.75) is 71.5 Å². The van der Waals surface area contributed by atoms with Crippen LogP contribution in [0.2, 0.25) is 0 Å². The van der Waals surface area contributed by atoms with Crippen molar-refractivity contribution < 1.29 is 42.1 Å². The van der Waals surface area contributed by atoms with Gasteiger partial charge >= 0.3 is 21.7 Å². The van der Waals surface area contributed by atoms with Crippen LogP contribution in [0.1, 0.15) is 27.7 Å². The molecule has 0 radical (unpaired) electrons. The molecule has 0 heterocycles. The largest absolute Gasteiger partial charge is 4.00 e. The first-order valence-electron chi connectivity index (χ1n) is 6.33. The zero-order valence-electron chi connectivity index (χ0n) is 13.8. The van der Waals surface area contributed by atoms with Crippen molar-refractivity contribution in [2.24, 2.45) is 0 Å². The average Bonchev–Trinajstić information content (AvgIpc) is 2.40. The van der Waals surface area contributed by atoms with Gasteiger partial charge in [0, 0.05) is 0 Å². The van der Waals surface area contributed by atoms with Gasteiger partial charge in [-0.25, -0.2) is 0 Å². The summed E-state index contributed by atoms with van der Waals surface area (Å²) in [6.07, 6.45) is -3.47. The zero-order valence-corrected chi connectivity index (χ0v) is 21.4. The fourth-order valence-electron chi connectivity index (χ4n) is 0. The van der Waals surface area contributed by atoms with E-state index >= 15 is 0 Å². The summed E-state index contributed by atoms with van der Waals surface area (Å²) in [7, 11) is 0. The molecular formula is C12H20Cl8O4Ti. The van der Waals surface area contributed by atoms with Crippen molar-refractivity contribution in [3.63, 3.8) is 0 Å². The van der Waals surface area contributed by atoms with Crippen LogP contribution in [-0.2, 0) is 21.7 Å². The molecule has 4 nitrogen and oxygen atoms in total. The average molecular weight is 560 g/mol. The summed E-state index contributed by atoms with van der Waals surface area (Å²) in [6, 6.07) is 0. The van der Waals surface area contributed by atoms with Crippen LogP contribution in [0.15, 0.2) is 0 Å². The van der Waals surface area contributed by atoms with E-state index in [1.54, 1.807) is 0 Å². The molecule has 25 heavy (non-hydrogen) atoms. The molecule has 0 aromatic carbocycles. The maximum Gasteiger partial charge on any atom is 4.00 e. The minimum atomic E-state index is -0.867. The molecule has 0 N–H and O–H groups in total. The van der Waals surface area contributed by atoms with Gasteiger partial charge in [0.05, 0.1) is 19.3 Å². The first-order valence-corrected chi connectivity index (χ1v) is 9.82. The molecule has 0 saturated carbocycles. The molecule has 0 aliphatic carbocycles. The number of halogens is 8. The molecular weight excluding hydrogens is 540 g/mol. The minimum absolute atomic E-state index is 0. The van der Waals surface area contributed by atoms with Gasteiger partial charge in [-0.3, -0.25) is 0 Å². The Kier molecular flexibility index (Phi) is 38.3. The Labute approximate surface area is 204 Å². The topological polar surface area (TPSA) is 92.2 Å². The fraction of sp³-hybridized carbons (Fsp3) is 1.00. The molecule has 0 fully saturated rings. The normalized spacial score (nSPS) is 14.9. The summed E-state index contributed by atoms with van der Waals surface area (Å²) in [5, 5.41) is 39.9. The minimum Gasteiger partial charge on any atom is -0.850 e. The zero-order chi connectivity index (χ0) is 20.6. The van der Waals surface area contributed by atoms with Gasteiger partial charge in [-0.05, 0) is 0 Å². The molecule has 152 valence electrons. The maximum atomic E-state index is 9.96. The molecule has 0 bridgehead atoms. The van der Waals surface area contributed by atoms with Crippen LogP contribution < -0.4 is 20.4 Å². The molecule has 0 aromatic heterocycles. The second kappa shape index (κ2) is 24.9. The second-order valence-electron chi connectivity index (χ2n) is 4.16. The van der Waals surface area contributed by atoms with Crippen LogP contribution in [0.25, 0.3) is 0 Å². The maximum absolute atomic E-state index is 9.96. The van der Waals surface area contributed by atoms with E-state index in [4.69, 9.17) is 92.8 Å². The van der Waals surface area contributed by atoms with Crippen LogP contribution in [0.4, 0.5) is 0 Å². The first-order chi connectivity index (χ1) is 10.6. The van der Waals surface area contributed by atoms with Gasteiger partial charge in [-0.15, -0.1) is 92.8 Å². The van der Waals surface area contributed by atoms with E-state index in [-0.39, 0.29) is 21.7 Å². The second-order valence-corrected chi connectivity index (χ2v) is 8.81.